The van der Waals surface area contributed by atoms with E-state index in [-0.39, 0.29) is 30.6 Å². The molecular formula is C15H18O7. The number of aryl methyl sites for hydroxylation is 1. The van der Waals surface area contributed by atoms with Crippen molar-refractivity contribution in [2.24, 2.45) is 0 Å². The lowest BCUT2D eigenvalue weighted by Gasteiger charge is -2.12. The summed E-state index contributed by atoms with van der Waals surface area (Å²) in [5.41, 5.74) is 0.714. The minimum Gasteiger partial charge on any atom is -0.479 e. The van der Waals surface area contributed by atoms with Gasteiger partial charge in [-0.25, -0.2) is 9.59 Å². The van der Waals surface area contributed by atoms with Gasteiger partial charge in [0.1, 0.15) is 0 Å². The lowest BCUT2D eigenvalue weighted by atomic mass is 9.98. The van der Waals surface area contributed by atoms with E-state index in [9.17, 15) is 19.5 Å². The van der Waals surface area contributed by atoms with Crippen molar-refractivity contribution in [3.05, 3.63) is 34.9 Å². The quantitative estimate of drug-likeness (QED) is 0.725. The van der Waals surface area contributed by atoms with Crippen LogP contribution in [0.2, 0.25) is 0 Å². The van der Waals surface area contributed by atoms with Crippen LogP contribution in [0.3, 0.4) is 0 Å². The fourth-order valence-corrected chi connectivity index (χ4v) is 1.86. The van der Waals surface area contributed by atoms with Gasteiger partial charge in [0.2, 0.25) is 0 Å². The molecule has 0 aliphatic heterocycles. The number of aliphatic hydroxyl groups is 1. The Kier molecular flexibility index (Phi) is 6.52. The minimum absolute atomic E-state index is 0.0670. The summed E-state index contributed by atoms with van der Waals surface area (Å²) in [6.07, 6.45) is -1.42. The van der Waals surface area contributed by atoms with Crippen molar-refractivity contribution in [3.8, 4) is 0 Å². The fraction of sp³-hybridized carbons (Fsp3) is 0.400. The third kappa shape index (κ3) is 4.56. The Labute approximate surface area is 127 Å². The van der Waals surface area contributed by atoms with E-state index in [2.05, 4.69) is 4.74 Å². The molecule has 0 aliphatic rings. The lowest BCUT2D eigenvalue weighted by molar-refractivity contribution is -0.147. The van der Waals surface area contributed by atoms with E-state index < -0.39 is 24.0 Å². The highest BCUT2D eigenvalue weighted by Crippen LogP contribution is 2.20. The van der Waals surface area contributed by atoms with Crippen LogP contribution in [0.1, 0.15) is 40.9 Å². The molecule has 1 atom stereocenters. The molecule has 0 fully saturated rings. The number of aliphatic carboxylic acids is 1. The highest BCUT2D eigenvalue weighted by molar-refractivity contribution is 5.92. The standard InChI is InChI=1S/C15H18O7/c1-3-22-15(20)11-8-10(13(17)14(18)19)5-4-9(11)6-7-12(16)21-2/h4-5,8,13,17H,3,6-7H2,1-2H3,(H,18,19). The summed E-state index contributed by atoms with van der Waals surface area (Å²) in [5.74, 6) is -2.48. The monoisotopic (exact) mass is 310 g/mol. The highest BCUT2D eigenvalue weighted by atomic mass is 16.5. The zero-order valence-electron chi connectivity index (χ0n) is 12.4. The number of benzene rings is 1. The van der Waals surface area contributed by atoms with Gasteiger partial charge in [0.15, 0.2) is 6.10 Å². The maximum absolute atomic E-state index is 12.0. The zero-order valence-corrected chi connectivity index (χ0v) is 12.4. The van der Waals surface area contributed by atoms with E-state index in [1.54, 1.807) is 6.92 Å². The van der Waals surface area contributed by atoms with E-state index in [1.807, 2.05) is 0 Å². The van der Waals surface area contributed by atoms with E-state index in [0.29, 0.717) is 5.56 Å². The Balaban J connectivity index is 3.12. The van der Waals surface area contributed by atoms with Crippen LogP contribution < -0.4 is 0 Å². The smallest absolute Gasteiger partial charge is 0.338 e. The molecule has 0 saturated carbocycles. The number of ether oxygens (including phenoxy) is 2. The first-order valence-corrected chi connectivity index (χ1v) is 6.68. The summed E-state index contributed by atoms with van der Waals surface area (Å²) in [4.78, 5) is 34.0. The molecule has 0 spiro atoms. The predicted molar refractivity (Wildman–Crippen MR) is 75.3 cm³/mol. The number of aliphatic hydroxyl groups excluding tert-OH is 1. The van der Waals surface area contributed by atoms with Crippen molar-refractivity contribution in [3.63, 3.8) is 0 Å². The number of methoxy groups -OCH3 is 1. The van der Waals surface area contributed by atoms with Crippen molar-refractivity contribution in [1.82, 2.24) is 0 Å². The number of carbonyl (C=O) groups excluding carboxylic acids is 2. The van der Waals surface area contributed by atoms with E-state index in [4.69, 9.17) is 9.84 Å². The average Bonchev–Trinajstić information content (AvgIpc) is 2.51. The first-order valence-electron chi connectivity index (χ1n) is 6.68. The van der Waals surface area contributed by atoms with Crippen LogP contribution >= 0.6 is 0 Å². The molecule has 1 aromatic rings. The Bertz CT molecular complexity index is 565. The second-order valence-corrected chi connectivity index (χ2v) is 4.45. The van der Waals surface area contributed by atoms with Gasteiger partial charge >= 0.3 is 17.9 Å². The SMILES string of the molecule is CCOC(=O)c1cc(C(O)C(=O)O)ccc1CCC(=O)OC. The number of hydrogen-bond acceptors (Lipinski definition) is 6. The first-order chi connectivity index (χ1) is 10.4. The topological polar surface area (TPSA) is 110 Å². The number of carbonyl (C=O) groups is 3. The molecule has 1 aromatic carbocycles. The largest absolute Gasteiger partial charge is 0.479 e. The predicted octanol–water partition coefficient (Wildman–Crippen LogP) is 1.09. The molecular weight excluding hydrogens is 292 g/mol. The van der Waals surface area contributed by atoms with Crippen molar-refractivity contribution in [1.29, 1.82) is 0 Å². The Morgan fingerprint density at radius 3 is 2.50 bits per heavy atom. The Morgan fingerprint density at radius 2 is 1.95 bits per heavy atom. The molecule has 2 N–H and O–H groups in total. The molecule has 0 aliphatic carbocycles. The third-order valence-corrected chi connectivity index (χ3v) is 3.01. The Morgan fingerprint density at radius 1 is 1.27 bits per heavy atom. The lowest BCUT2D eigenvalue weighted by Crippen LogP contribution is -2.14. The van der Waals surface area contributed by atoms with Crippen LogP contribution in [0.15, 0.2) is 18.2 Å². The number of hydrogen-bond donors (Lipinski definition) is 2. The minimum atomic E-state index is -1.73. The highest BCUT2D eigenvalue weighted by Gasteiger charge is 2.20. The summed E-state index contributed by atoms with van der Waals surface area (Å²) in [6.45, 7) is 1.79. The van der Waals surface area contributed by atoms with Crippen molar-refractivity contribution >= 4 is 17.9 Å². The number of carboxylic acid groups (broad SMARTS) is 1. The molecule has 120 valence electrons. The summed E-state index contributed by atoms with van der Waals surface area (Å²) < 4.78 is 9.45. The van der Waals surface area contributed by atoms with Gasteiger partial charge in [0.25, 0.3) is 0 Å². The third-order valence-electron chi connectivity index (χ3n) is 3.01. The van der Waals surface area contributed by atoms with Crippen LogP contribution in [-0.2, 0) is 25.5 Å². The molecule has 22 heavy (non-hydrogen) atoms. The number of rotatable bonds is 7. The summed E-state index contributed by atoms with van der Waals surface area (Å²) >= 11 is 0. The number of esters is 2. The molecule has 1 rings (SSSR count). The first kappa shape index (κ1) is 17.6. The average molecular weight is 310 g/mol. The van der Waals surface area contributed by atoms with Gasteiger partial charge in [0.05, 0.1) is 19.3 Å². The van der Waals surface area contributed by atoms with Crippen LogP contribution in [0.4, 0.5) is 0 Å². The molecule has 7 heteroatoms. The van der Waals surface area contributed by atoms with Crippen LogP contribution in [-0.4, -0.2) is 41.8 Å². The van der Waals surface area contributed by atoms with Crippen molar-refractivity contribution in [2.45, 2.75) is 25.9 Å². The summed E-state index contributed by atoms with van der Waals surface area (Å²) in [6, 6.07) is 4.16. The molecule has 0 radical (unpaired) electrons. The molecule has 0 amide bonds. The van der Waals surface area contributed by atoms with Gasteiger partial charge in [-0.05, 0) is 30.5 Å². The molecule has 1 unspecified atom stereocenters. The van der Waals surface area contributed by atoms with E-state index in [0.717, 1.165) is 0 Å². The van der Waals surface area contributed by atoms with E-state index in [1.165, 1.54) is 25.3 Å². The van der Waals surface area contributed by atoms with Gasteiger partial charge < -0.3 is 19.7 Å². The molecule has 0 saturated heterocycles. The van der Waals surface area contributed by atoms with Gasteiger partial charge in [-0.15, -0.1) is 0 Å². The molecule has 7 nitrogen and oxygen atoms in total. The second kappa shape index (κ2) is 8.14. The van der Waals surface area contributed by atoms with Crippen LogP contribution in [0.25, 0.3) is 0 Å². The second-order valence-electron chi connectivity index (χ2n) is 4.45. The van der Waals surface area contributed by atoms with Gasteiger partial charge in [0, 0.05) is 6.42 Å². The molecule has 0 bridgehead atoms. The van der Waals surface area contributed by atoms with Gasteiger partial charge in [-0.1, -0.05) is 12.1 Å². The Hall–Kier alpha value is -2.41. The van der Waals surface area contributed by atoms with Gasteiger partial charge in [-0.3, -0.25) is 4.79 Å². The molecule has 0 aromatic heterocycles. The van der Waals surface area contributed by atoms with Crippen LogP contribution in [0.5, 0.6) is 0 Å². The fourth-order valence-electron chi connectivity index (χ4n) is 1.86. The van der Waals surface area contributed by atoms with Crippen molar-refractivity contribution in [2.75, 3.05) is 13.7 Å². The van der Waals surface area contributed by atoms with Crippen molar-refractivity contribution < 1.29 is 34.1 Å². The summed E-state index contributed by atoms with van der Waals surface area (Å²) in [7, 11) is 1.26. The molecule has 0 heterocycles. The maximum Gasteiger partial charge on any atom is 0.338 e. The maximum atomic E-state index is 12.0. The normalized spacial score (nSPS) is 11.6. The summed E-state index contributed by atoms with van der Waals surface area (Å²) in [5, 5.41) is 18.4. The zero-order chi connectivity index (χ0) is 16.7. The van der Waals surface area contributed by atoms with Crippen LogP contribution in [0, 0.1) is 0 Å². The van der Waals surface area contributed by atoms with E-state index >= 15 is 0 Å². The number of carboxylic acids is 1. The van der Waals surface area contributed by atoms with Gasteiger partial charge in [-0.2, -0.15) is 0 Å².